The first kappa shape index (κ1) is 29.7. The van der Waals surface area contributed by atoms with Gasteiger partial charge in [0.25, 0.3) is 0 Å². The van der Waals surface area contributed by atoms with E-state index in [2.05, 4.69) is 22.1 Å². The van der Waals surface area contributed by atoms with Crippen LogP contribution in [0.2, 0.25) is 0 Å². The van der Waals surface area contributed by atoms with E-state index in [0.29, 0.717) is 19.1 Å². The molecule has 1 aliphatic heterocycles. The highest BCUT2D eigenvalue weighted by Gasteiger charge is 2.22. The molecule has 1 atom stereocenters. The number of carbonyl (C=O) groups excluding carboxylic acids is 1. The molecule has 1 fully saturated rings. The summed E-state index contributed by atoms with van der Waals surface area (Å²) >= 11 is 0. The van der Waals surface area contributed by atoms with Gasteiger partial charge in [0, 0.05) is 31.2 Å². The maximum absolute atomic E-state index is 11.7. The number of carbonyl (C=O) groups is 1. The van der Waals surface area contributed by atoms with E-state index in [1.165, 1.54) is 0 Å². The van der Waals surface area contributed by atoms with Crippen LogP contribution in [-0.4, -0.2) is 66.5 Å². The minimum absolute atomic E-state index is 0.0259. The predicted octanol–water partition coefficient (Wildman–Crippen LogP) is 3.34. The lowest BCUT2D eigenvalue weighted by Crippen LogP contribution is -2.44. The van der Waals surface area contributed by atoms with Gasteiger partial charge in [-0.2, -0.15) is 0 Å². The number of aliphatic hydroxyl groups is 2. The Hall–Kier alpha value is -2.35. The van der Waals surface area contributed by atoms with Crippen LogP contribution in [0, 0.1) is 0 Å². The topological polar surface area (TPSA) is 94.1 Å². The van der Waals surface area contributed by atoms with Gasteiger partial charge in [-0.1, -0.05) is 44.2 Å². The highest BCUT2D eigenvalue weighted by molar-refractivity contribution is 5.78. The molecule has 0 saturated carbocycles. The Morgan fingerprint density at radius 2 is 2.00 bits per heavy atom. The first-order valence-corrected chi connectivity index (χ1v) is 11.4. The molecule has 0 aliphatic carbocycles. The number of para-hydroxylation sites is 1. The number of nitrogens with zero attached hydrogens (tertiary/aromatic N) is 1. The van der Waals surface area contributed by atoms with Crippen molar-refractivity contribution in [3.05, 3.63) is 48.6 Å². The van der Waals surface area contributed by atoms with Crippen LogP contribution in [0.3, 0.4) is 0 Å². The first-order chi connectivity index (χ1) is 15.4. The summed E-state index contributed by atoms with van der Waals surface area (Å²) in [6.07, 6.45) is 6.83. The Bertz CT molecular complexity index is 647. The molecule has 1 aliphatic rings. The first-order valence-electron chi connectivity index (χ1n) is 11.4. The van der Waals surface area contributed by atoms with E-state index in [4.69, 9.17) is 9.84 Å². The molecule has 32 heavy (non-hydrogen) atoms. The minimum atomic E-state index is -0.282. The van der Waals surface area contributed by atoms with Crippen LogP contribution in [0.25, 0.3) is 0 Å². The van der Waals surface area contributed by atoms with Crippen molar-refractivity contribution < 1.29 is 19.7 Å². The number of allylic oxidation sites excluding steroid dienone is 1. The zero-order chi connectivity index (χ0) is 24.4. The molecular weight excluding hydrogens is 406 g/mol. The fourth-order valence-electron chi connectivity index (χ4n) is 3.21. The third-order valence-electron chi connectivity index (χ3n) is 4.72. The lowest BCUT2D eigenvalue weighted by molar-refractivity contribution is -0.122. The van der Waals surface area contributed by atoms with E-state index in [1.54, 1.807) is 26.2 Å². The van der Waals surface area contributed by atoms with E-state index >= 15 is 0 Å². The summed E-state index contributed by atoms with van der Waals surface area (Å²) in [6, 6.07) is 5.96. The Morgan fingerprint density at radius 3 is 2.47 bits per heavy atom. The second kappa shape index (κ2) is 18.2. The van der Waals surface area contributed by atoms with Crippen molar-refractivity contribution in [2.45, 2.75) is 59.3 Å². The van der Waals surface area contributed by atoms with Crippen LogP contribution < -0.4 is 15.4 Å². The van der Waals surface area contributed by atoms with Gasteiger partial charge in [-0.25, -0.2) is 0 Å². The van der Waals surface area contributed by atoms with Crippen LogP contribution in [-0.2, 0) is 11.4 Å². The fourth-order valence-corrected chi connectivity index (χ4v) is 3.21. The minimum Gasteiger partial charge on any atom is -0.495 e. The number of aliphatic hydroxyl groups excluding tert-OH is 2. The fraction of sp³-hybridized carbons (Fsp3) is 0.560. The quantitative estimate of drug-likeness (QED) is 0.432. The van der Waals surface area contributed by atoms with E-state index in [1.807, 2.05) is 45.0 Å². The summed E-state index contributed by atoms with van der Waals surface area (Å²) in [4.78, 5) is 13.9. The van der Waals surface area contributed by atoms with Crippen molar-refractivity contribution in [2.75, 3.05) is 38.6 Å². The molecule has 4 N–H and O–H groups in total. The van der Waals surface area contributed by atoms with Crippen LogP contribution in [0.1, 0.15) is 46.1 Å². The third kappa shape index (κ3) is 11.9. The number of ether oxygens (including phenoxy) is 1. The second-order valence-electron chi connectivity index (χ2n) is 7.21. The van der Waals surface area contributed by atoms with Crippen molar-refractivity contribution in [1.82, 2.24) is 10.2 Å². The number of anilines is 1. The predicted molar refractivity (Wildman–Crippen MR) is 133 cm³/mol. The average Bonchev–Trinajstić information content (AvgIpc) is 2.80. The van der Waals surface area contributed by atoms with Gasteiger partial charge in [-0.05, 0) is 32.8 Å². The molecule has 1 amide bonds. The number of hydrogen-bond acceptors (Lipinski definition) is 6. The molecular formula is C25H43N3O4. The van der Waals surface area contributed by atoms with Crippen molar-refractivity contribution >= 4 is 11.6 Å². The molecule has 1 heterocycles. The van der Waals surface area contributed by atoms with Crippen molar-refractivity contribution in [3.63, 3.8) is 0 Å². The molecule has 1 aromatic carbocycles. The van der Waals surface area contributed by atoms with Crippen LogP contribution in [0.5, 0.6) is 5.75 Å². The number of amides is 1. The molecule has 1 unspecified atom stereocenters. The van der Waals surface area contributed by atoms with Crippen LogP contribution >= 0.6 is 0 Å². The number of benzene rings is 1. The van der Waals surface area contributed by atoms with E-state index in [-0.39, 0.29) is 18.6 Å². The van der Waals surface area contributed by atoms with E-state index in [0.717, 1.165) is 42.9 Å². The largest absolute Gasteiger partial charge is 0.495 e. The van der Waals surface area contributed by atoms with Crippen LogP contribution in [0.15, 0.2) is 43.0 Å². The van der Waals surface area contributed by atoms with Gasteiger partial charge in [-0.3, -0.25) is 9.69 Å². The average molecular weight is 450 g/mol. The van der Waals surface area contributed by atoms with Crippen molar-refractivity contribution in [2.24, 2.45) is 0 Å². The molecule has 7 heteroatoms. The van der Waals surface area contributed by atoms with Gasteiger partial charge < -0.3 is 25.6 Å². The summed E-state index contributed by atoms with van der Waals surface area (Å²) in [6.45, 7) is 13.8. The molecule has 0 radical (unpaired) electrons. The SMILES string of the molecule is C/C=C/C(C)O.C=CCNC(=O)CN1CCC(Nc2c(CO)cccc2OC)CC1.CC. The van der Waals surface area contributed by atoms with Gasteiger partial charge in [0.05, 0.1) is 32.1 Å². The maximum Gasteiger partial charge on any atom is 0.234 e. The monoisotopic (exact) mass is 449 g/mol. The van der Waals surface area contributed by atoms with E-state index < -0.39 is 0 Å². The summed E-state index contributed by atoms with van der Waals surface area (Å²) < 4.78 is 5.40. The van der Waals surface area contributed by atoms with E-state index in [9.17, 15) is 9.90 Å². The number of rotatable bonds is 9. The van der Waals surface area contributed by atoms with Gasteiger partial charge in [0.15, 0.2) is 0 Å². The van der Waals surface area contributed by atoms with Crippen LogP contribution in [0.4, 0.5) is 5.69 Å². The standard InChI is InChI=1S/C18H27N3O3.C5H10O.C2H6/c1-3-9-19-17(23)12-21-10-7-15(8-11-21)20-18-14(13-22)5-4-6-16(18)24-2;1-3-4-5(2)6;1-2/h3-6,15,20,22H,1,7-13H2,2H3,(H,19,23);3-6H,1-2H3;1-2H3/b;4-3+;. The molecule has 0 spiro atoms. The molecule has 182 valence electrons. The lowest BCUT2D eigenvalue weighted by Gasteiger charge is -2.33. The van der Waals surface area contributed by atoms with Gasteiger partial charge in [0.2, 0.25) is 5.91 Å². The maximum atomic E-state index is 11.7. The number of methoxy groups -OCH3 is 1. The Morgan fingerprint density at radius 1 is 1.34 bits per heavy atom. The molecule has 1 aromatic rings. The summed E-state index contributed by atoms with van der Waals surface area (Å²) in [5, 5.41) is 24.3. The number of piperidine rings is 1. The zero-order valence-corrected chi connectivity index (χ0v) is 20.4. The third-order valence-corrected chi connectivity index (χ3v) is 4.72. The Labute approximate surface area is 194 Å². The van der Waals surface area contributed by atoms with Gasteiger partial charge in [-0.15, -0.1) is 6.58 Å². The number of hydrogen-bond donors (Lipinski definition) is 4. The van der Waals surface area contributed by atoms with Gasteiger partial charge in [0.1, 0.15) is 5.75 Å². The smallest absolute Gasteiger partial charge is 0.234 e. The molecule has 1 saturated heterocycles. The molecule has 2 rings (SSSR count). The molecule has 0 bridgehead atoms. The van der Waals surface area contributed by atoms with Gasteiger partial charge >= 0.3 is 0 Å². The highest BCUT2D eigenvalue weighted by Crippen LogP contribution is 2.30. The van der Waals surface area contributed by atoms with Crippen molar-refractivity contribution in [1.29, 1.82) is 0 Å². The summed E-state index contributed by atoms with van der Waals surface area (Å²) in [5.41, 5.74) is 1.70. The normalized spacial score (nSPS) is 15.0. The Balaban J connectivity index is 0.00000104. The second-order valence-corrected chi connectivity index (χ2v) is 7.21. The molecule has 0 aromatic heterocycles. The van der Waals surface area contributed by atoms with Crippen molar-refractivity contribution in [3.8, 4) is 5.75 Å². The zero-order valence-electron chi connectivity index (χ0n) is 20.4. The number of nitrogens with one attached hydrogen (secondary N) is 2. The highest BCUT2D eigenvalue weighted by atomic mass is 16.5. The lowest BCUT2D eigenvalue weighted by atomic mass is 10.0. The Kier molecular flexibility index (Phi) is 16.9. The number of likely N-dealkylation sites (tertiary alicyclic amines) is 1. The molecule has 7 nitrogen and oxygen atoms in total. The summed E-state index contributed by atoms with van der Waals surface area (Å²) in [5.74, 6) is 0.779. The summed E-state index contributed by atoms with van der Waals surface area (Å²) in [7, 11) is 1.63.